The number of anilines is 1. The second-order valence-corrected chi connectivity index (χ2v) is 4.15. The highest BCUT2D eigenvalue weighted by atomic mass is 19.4. The molecular formula is C12H13F3N2O2. The van der Waals surface area contributed by atoms with Crippen LogP contribution in [0.2, 0.25) is 0 Å². The zero-order chi connectivity index (χ0) is 14.6. The van der Waals surface area contributed by atoms with Crippen LogP contribution >= 0.6 is 0 Å². The van der Waals surface area contributed by atoms with Gasteiger partial charge in [0, 0.05) is 24.4 Å². The molecule has 1 aromatic carbocycles. The highest BCUT2D eigenvalue weighted by Gasteiger charge is 2.35. The van der Waals surface area contributed by atoms with Gasteiger partial charge < -0.3 is 5.32 Å². The highest BCUT2D eigenvalue weighted by Crippen LogP contribution is 2.36. The molecule has 19 heavy (non-hydrogen) atoms. The molecule has 0 aromatic heterocycles. The molecule has 0 atom stereocenters. The fourth-order valence-corrected chi connectivity index (χ4v) is 1.40. The summed E-state index contributed by atoms with van der Waals surface area (Å²) in [6.45, 7) is 3.87. The molecule has 0 saturated carbocycles. The van der Waals surface area contributed by atoms with Gasteiger partial charge in [-0.3, -0.25) is 10.1 Å². The molecule has 104 valence electrons. The number of allylic oxidation sites excluding steroid dienone is 1. The lowest BCUT2D eigenvalue weighted by molar-refractivity contribution is -0.385. The molecule has 0 aliphatic heterocycles. The third kappa shape index (κ3) is 4.27. The van der Waals surface area contributed by atoms with Crippen LogP contribution in [-0.4, -0.2) is 11.5 Å². The van der Waals surface area contributed by atoms with Gasteiger partial charge >= 0.3 is 6.18 Å². The maximum Gasteiger partial charge on any atom is 0.418 e. The topological polar surface area (TPSA) is 55.2 Å². The Balaban J connectivity index is 3.10. The molecule has 0 fully saturated rings. The van der Waals surface area contributed by atoms with Gasteiger partial charge in [0.1, 0.15) is 0 Å². The largest absolute Gasteiger partial charge is 0.418 e. The van der Waals surface area contributed by atoms with E-state index in [4.69, 9.17) is 0 Å². The summed E-state index contributed by atoms with van der Waals surface area (Å²) < 4.78 is 38.4. The predicted molar refractivity (Wildman–Crippen MR) is 66.0 cm³/mol. The van der Waals surface area contributed by atoms with E-state index in [1.165, 1.54) is 0 Å². The van der Waals surface area contributed by atoms with Gasteiger partial charge in [0.05, 0.1) is 10.5 Å². The molecule has 4 nitrogen and oxygen atoms in total. The number of halogens is 3. The maximum atomic E-state index is 12.8. The van der Waals surface area contributed by atoms with E-state index in [-0.39, 0.29) is 12.2 Å². The maximum absolute atomic E-state index is 12.8. The molecule has 0 unspecified atom stereocenters. The molecule has 7 heteroatoms. The Morgan fingerprint density at radius 2 is 2.05 bits per heavy atom. The number of non-ortho nitro benzene ring substituents is 1. The van der Waals surface area contributed by atoms with Crippen LogP contribution in [0.1, 0.15) is 19.4 Å². The summed E-state index contributed by atoms with van der Waals surface area (Å²) in [6, 6.07) is 2.64. The standard InChI is InChI=1S/C12H13F3N2O2/c1-8(2)5-6-16-11-4-3-9(17(18)19)7-10(11)12(13,14)15/h3-5,7,16H,6H2,1-2H3. The minimum atomic E-state index is -4.64. The summed E-state index contributed by atoms with van der Waals surface area (Å²) in [5.74, 6) is 0. The van der Waals surface area contributed by atoms with E-state index >= 15 is 0 Å². The quantitative estimate of drug-likeness (QED) is 0.513. The number of nitrogens with one attached hydrogen (secondary N) is 1. The minimum absolute atomic E-state index is 0.171. The van der Waals surface area contributed by atoms with E-state index in [0.29, 0.717) is 6.07 Å². The van der Waals surface area contributed by atoms with Gasteiger partial charge in [0.2, 0.25) is 0 Å². The first-order valence-corrected chi connectivity index (χ1v) is 5.44. The Morgan fingerprint density at radius 3 is 2.53 bits per heavy atom. The Morgan fingerprint density at radius 1 is 1.42 bits per heavy atom. The molecule has 0 amide bonds. The summed E-state index contributed by atoms with van der Waals surface area (Å²) in [5.41, 5.74) is -0.831. The molecule has 0 aliphatic carbocycles. The SMILES string of the molecule is CC(C)=CCNc1ccc([N+](=O)[O-])cc1C(F)(F)F. The number of nitro groups is 1. The molecule has 0 saturated heterocycles. The van der Waals surface area contributed by atoms with Crippen molar-refractivity contribution in [2.45, 2.75) is 20.0 Å². The van der Waals surface area contributed by atoms with Crippen molar-refractivity contribution in [2.24, 2.45) is 0 Å². The molecule has 1 aromatic rings. The van der Waals surface area contributed by atoms with Crippen molar-refractivity contribution in [2.75, 3.05) is 11.9 Å². The zero-order valence-corrected chi connectivity index (χ0v) is 10.4. The third-order valence-corrected chi connectivity index (χ3v) is 2.32. The second kappa shape index (κ2) is 5.73. The van der Waals surface area contributed by atoms with E-state index in [9.17, 15) is 23.3 Å². The van der Waals surface area contributed by atoms with Crippen LogP contribution < -0.4 is 5.32 Å². The van der Waals surface area contributed by atoms with Crippen LogP contribution in [0.4, 0.5) is 24.5 Å². The molecule has 0 aliphatic rings. The molecule has 0 bridgehead atoms. The van der Waals surface area contributed by atoms with E-state index in [1.54, 1.807) is 6.08 Å². The summed E-state index contributed by atoms with van der Waals surface area (Å²) in [6.07, 6.45) is -2.92. The average Bonchev–Trinajstić information content (AvgIpc) is 2.27. The Kier molecular flexibility index (Phi) is 4.52. The molecule has 0 heterocycles. The summed E-state index contributed by atoms with van der Waals surface area (Å²) >= 11 is 0. The van der Waals surface area contributed by atoms with Gasteiger partial charge in [-0.1, -0.05) is 11.6 Å². The van der Waals surface area contributed by atoms with Crippen LogP contribution in [0.3, 0.4) is 0 Å². The van der Waals surface area contributed by atoms with Gasteiger partial charge in [-0.05, 0) is 19.9 Å². The number of benzene rings is 1. The third-order valence-electron chi connectivity index (χ3n) is 2.32. The minimum Gasteiger partial charge on any atom is -0.381 e. The normalized spacial score (nSPS) is 11.0. The monoisotopic (exact) mass is 274 g/mol. The van der Waals surface area contributed by atoms with Gasteiger partial charge in [0.15, 0.2) is 0 Å². The van der Waals surface area contributed by atoms with Gasteiger partial charge in [-0.15, -0.1) is 0 Å². The first-order valence-electron chi connectivity index (χ1n) is 5.44. The van der Waals surface area contributed by atoms with Crippen LogP contribution in [0, 0.1) is 10.1 Å². The highest BCUT2D eigenvalue weighted by molar-refractivity contribution is 5.57. The number of nitro benzene ring substituents is 1. The lowest BCUT2D eigenvalue weighted by atomic mass is 10.1. The molecule has 0 radical (unpaired) electrons. The molecule has 1 N–H and O–H groups in total. The lowest BCUT2D eigenvalue weighted by Gasteiger charge is -2.13. The van der Waals surface area contributed by atoms with Gasteiger partial charge in [-0.2, -0.15) is 13.2 Å². The van der Waals surface area contributed by atoms with Crippen molar-refractivity contribution in [3.05, 3.63) is 45.5 Å². The van der Waals surface area contributed by atoms with Crippen molar-refractivity contribution in [3.8, 4) is 0 Å². The lowest BCUT2D eigenvalue weighted by Crippen LogP contribution is -2.11. The zero-order valence-electron chi connectivity index (χ0n) is 10.4. The Hall–Kier alpha value is -2.05. The van der Waals surface area contributed by atoms with Crippen LogP contribution in [0.25, 0.3) is 0 Å². The molecule has 1 rings (SSSR count). The number of alkyl halides is 3. The van der Waals surface area contributed by atoms with Crippen molar-refractivity contribution in [1.82, 2.24) is 0 Å². The van der Waals surface area contributed by atoms with E-state index in [2.05, 4.69) is 5.32 Å². The van der Waals surface area contributed by atoms with Crippen molar-refractivity contribution >= 4 is 11.4 Å². The van der Waals surface area contributed by atoms with Crippen molar-refractivity contribution < 1.29 is 18.1 Å². The smallest absolute Gasteiger partial charge is 0.381 e. The molecular weight excluding hydrogens is 261 g/mol. The van der Waals surface area contributed by atoms with Crippen LogP contribution in [-0.2, 0) is 6.18 Å². The van der Waals surface area contributed by atoms with Gasteiger partial charge in [-0.25, -0.2) is 0 Å². The fraction of sp³-hybridized carbons (Fsp3) is 0.333. The van der Waals surface area contributed by atoms with Gasteiger partial charge in [0.25, 0.3) is 5.69 Å². The second-order valence-electron chi connectivity index (χ2n) is 4.15. The predicted octanol–water partition coefficient (Wildman–Crippen LogP) is 3.99. The van der Waals surface area contributed by atoms with Crippen LogP contribution in [0.15, 0.2) is 29.8 Å². The summed E-state index contributed by atoms with van der Waals surface area (Å²) in [7, 11) is 0. The fourth-order valence-electron chi connectivity index (χ4n) is 1.40. The summed E-state index contributed by atoms with van der Waals surface area (Å²) in [5, 5.41) is 13.1. The van der Waals surface area contributed by atoms with Crippen molar-refractivity contribution in [1.29, 1.82) is 0 Å². The first-order chi connectivity index (χ1) is 8.71. The van der Waals surface area contributed by atoms with E-state index < -0.39 is 22.4 Å². The Labute approximate surface area is 108 Å². The van der Waals surface area contributed by atoms with E-state index in [1.807, 2.05) is 13.8 Å². The number of hydrogen-bond acceptors (Lipinski definition) is 3. The summed E-state index contributed by atoms with van der Waals surface area (Å²) in [4.78, 5) is 9.65. The van der Waals surface area contributed by atoms with Crippen LogP contribution in [0.5, 0.6) is 0 Å². The average molecular weight is 274 g/mol. The molecule has 0 spiro atoms. The number of hydrogen-bond donors (Lipinski definition) is 1. The number of nitrogens with zero attached hydrogens (tertiary/aromatic N) is 1. The Bertz CT molecular complexity index is 506. The first kappa shape index (κ1) is 15.0. The van der Waals surface area contributed by atoms with Crippen molar-refractivity contribution in [3.63, 3.8) is 0 Å². The number of rotatable bonds is 4. The van der Waals surface area contributed by atoms with E-state index in [0.717, 1.165) is 17.7 Å².